The molecule has 2 aromatic carbocycles. The average Bonchev–Trinajstić information content (AvgIpc) is 2.74. The van der Waals surface area contributed by atoms with Gasteiger partial charge in [0.15, 0.2) is 6.10 Å². The van der Waals surface area contributed by atoms with E-state index in [9.17, 15) is 9.59 Å². The van der Waals surface area contributed by atoms with Crippen molar-refractivity contribution in [2.75, 3.05) is 6.61 Å². The number of aromatic nitrogens is 2. The van der Waals surface area contributed by atoms with Crippen molar-refractivity contribution in [3.8, 4) is 5.75 Å². The van der Waals surface area contributed by atoms with Gasteiger partial charge in [0.05, 0.1) is 28.2 Å². The highest BCUT2D eigenvalue weighted by atomic mass is 79.9. The molecule has 0 fully saturated rings. The molecular weight excluding hydrogens is 554 g/mol. The lowest BCUT2D eigenvalue weighted by molar-refractivity contribution is -0.150. The second-order valence-electron chi connectivity index (χ2n) is 8.41. The molecule has 0 aliphatic rings. The molecule has 3 rings (SSSR count). The summed E-state index contributed by atoms with van der Waals surface area (Å²) in [5, 5.41) is 4.95. The lowest BCUT2D eigenvalue weighted by atomic mass is 9.95. The number of hydrogen-bond acceptors (Lipinski definition) is 6. The number of rotatable bonds is 6. The number of fused-ring (bicyclic) bond motifs is 1. The molecule has 0 unspecified atom stereocenters. The van der Waals surface area contributed by atoms with Crippen LogP contribution in [0, 0.1) is 0 Å². The monoisotopic (exact) mass is 577 g/mol. The molecule has 3 aromatic rings. The molecule has 174 valence electrons. The van der Waals surface area contributed by atoms with Gasteiger partial charge in [-0.3, -0.25) is 4.79 Å². The van der Waals surface area contributed by atoms with Crippen LogP contribution in [0.4, 0.5) is 0 Å². The number of carbonyl (C=O) groups is 1. The Morgan fingerprint density at radius 1 is 1.21 bits per heavy atom. The number of carbonyl (C=O) groups excluding carboxylic acids is 1. The maximum absolute atomic E-state index is 13.2. The molecule has 9 heteroatoms. The van der Waals surface area contributed by atoms with E-state index in [2.05, 4.69) is 37.0 Å². The zero-order valence-electron chi connectivity index (χ0n) is 19.1. The minimum absolute atomic E-state index is 0.246. The first-order valence-electron chi connectivity index (χ1n) is 10.4. The van der Waals surface area contributed by atoms with Gasteiger partial charge in [-0.15, -0.1) is 0 Å². The molecular formula is C24H25Br2N3O4. The third kappa shape index (κ3) is 5.89. The van der Waals surface area contributed by atoms with Crippen molar-refractivity contribution in [1.82, 2.24) is 9.66 Å². The number of halogens is 2. The van der Waals surface area contributed by atoms with Gasteiger partial charge < -0.3 is 9.47 Å². The fourth-order valence-corrected chi connectivity index (χ4v) is 3.91. The van der Waals surface area contributed by atoms with E-state index in [0.29, 0.717) is 33.6 Å². The van der Waals surface area contributed by atoms with Gasteiger partial charge >= 0.3 is 5.97 Å². The molecule has 1 heterocycles. The molecule has 0 aliphatic heterocycles. The minimum atomic E-state index is -0.739. The lowest BCUT2D eigenvalue weighted by Crippen LogP contribution is -2.29. The van der Waals surface area contributed by atoms with E-state index < -0.39 is 17.5 Å². The maximum atomic E-state index is 13.2. The Kier molecular flexibility index (Phi) is 7.74. The summed E-state index contributed by atoms with van der Waals surface area (Å²) in [4.78, 5) is 29.8. The molecule has 0 bridgehead atoms. The van der Waals surface area contributed by atoms with Crippen LogP contribution >= 0.6 is 31.9 Å². The second-order valence-corrected chi connectivity index (χ2v) is 10.2. The van der Waals surface area contributed by atoms with Crippen LogP contribution in [0.5, 0.6) is 5.75 Å². The van der Waals surface area contributed by atoms with E-state index in [-0.39, 0.29) is 5.56 Å². The summed E-state index contributed by atoms with van der Waals surface area (Å²) in [6, 6.07) is 10.7. The maximum Gasteiger partial charge on any atom is 0.347 e. The van der Waals surface area contributed by atoms with Gasteiger partial charge in [-0.05, 0) is 71.7 Å². The Bertz CT molecular complexity index is 1280. The van der Waals surface area contributed by atoms with E-state index in [1.807, 2.05) is 32.9 Å². The minimum Gasteiger partial charge on any atom is -0.478 e. The standard InChI is InChI=1S/C24H25Br2N3O4/c1-6-32-22(31)14(2)33-20-10-7-15(11-18(20)26)13-27-29-21(30)17-12-16(25)8-9-19(17)28-23(29)24(3,4)5/h7-14H,6H2,1-5H3/t14-/m1/s1. The molecule has 1 atom stereocenters. The van der Waals surface area contributed by atoms with Crippen LogP contribution < -0.4 is 10.3 Å². The average molecular weight is 579 g/mol. The molecule has 0 N–H and O–H groups in total. The predicted octanol–water partition coefficient (Wildman–Crippen LogP) is 5.43. The van der Waals surface area contributed by atoms with Crippen molar-refractivity contribution in [3.05, 3.63) is 67.1 Å². The summed E-state index contributed by atoms with van der Waals surface area (Å²) >= 11 is 6.88. The van der Waals surface area contributed by atoms with E-state index in [4.69, 9.17) is 14.5 Å². The Morgan fingerprint density at radius 2 is 1.94 bits per heavy atom. The van der Waals surface area contributed by atoms with Gasteiger partial charge in [0, 0.05) is 9.89 Å². The van der Waals surface area contributed by atoms with Crippen molar-refractivity contribution in [3.63, 3.8) is 0 Å². The van der Waals surface area contributed by atoms with Crippen LogP contribution in [-0.2, 0) is 14.9 Å². The van der Waals surface area contributed by atoms with Gasteiger partial charge in [-0.1, -0.05) is 36.7 Å². The van der Waals surface area contributed by atoms with Crippen molar-refractivity contribution in [2.24, 2.45) is 5.10 Å². The SMILES string of the molecule is CCOC(=O)[C@@H](C)Oc1ccc(C=Nn2c(C(C)(C)C)nc3ccc(Br)cc3c2=O)cc1Br. The van der Waals surface area contributed by atoms with Crippen LogP contribution in [0.2, 0.25) is 0 Å². The molecule has 1 aromatic heterocycles. The fraction of sp³-hybridized carbons (Fsp3) is 0.333. The largest absolute Gasteiger partial charge is 0.478 e. The summed E-state index contributed by atoms with van der Waals surface area (Å²) in [5.41, 5.74) is 0.711. The van der Waals surface area contributed by atoms with Crippen LogP contribution in [-0.4, -0.2) is 34.6 Å². The van der Waals surface area contributed by atoms with Gasteiger partial charge in [0.25, 0.3) is 5.56 Å². The summed E-state index contributed by atoms with van der Waals surface area (Å²) in [6.07, 6.45) is 0.850. The van der Waals surface area contributed by atoms with Crippen LogP contribution in [0.1, 0.15) is 46.0 Å². The Hall–Kier alpha value is -2.52. The number of esters is 1. The lowest BCUT2D eigenvalue weighted by Gasteiger charge is -2.20. The number of ether oxygens (including phenoxy) is 2. The van der Waals surface area contributed by atoms with E-state index in [0.717, 1.165) is 10.0 Å². The molecule has 0 amide bonds. The zero-order valence-corrected chi connectivity index (χ0v) is 22.2. The third-order valence-corrected chi connectivity index (χ3v) is 5.79. The zero-order chi connectivity index (χ0) is 24.3. The highest BCUT2D eigenvalue weighted by molar-refractivity contribution is 9.10. The summed E-state index contributed by atoms with van der Waals surface area (Å²) in [7, 11) is 0. The Labute approximate surface area is 209 Å². The Morgan fingerprint density at radius 3 is 2.58 bits per heavy atom. The quantitative estimate of drug-likeness (QED) is 0.288. The predicted molar refractivity (Wildman–Crippen MR) is 136 cm³/mol. The summed E-state index contributed by atoms with van der Waals surface area (Å²) in [6.45, 7) is 9.62. The first kappa shape index (κ1) is 25.1. The van der Waals surface area contributed by atoms with E-state index in [1.165, 1.54) is 4.68 Å². The summed E-state index contributed by atoms with van der Waals surface area (Å²) < 4.78 is 13.4. The molecule has 0 saturated heterocycles. The second kappa shape index (κ2) is 10.2. The van der Waals surface area contributed by atoms with Crippen LogP contribution in [0.15, 0.2) is 55.2 Å². The fourth-order valence-electron chi connectivity index (χ4n) is 3.06. The van der Waals surface area contributed by atoms with Gasteiger partial charge in [-0.25, -0.2) is 9.78 Å². The third-order valence-electron chi connectivity index (χ3n) is 4.68. The first-order chi connectivity index (χ1) is 15.5. The van der Waals surface area contributed by atoms with Crippen LogP contribution in [0.25, 0.3) is 10.9 Å². The topological polar surface area (TPSA) is 82.8 Å². The first-order valence-corrected chi connectivity index (χ1v) is 12.0. The Balaban J connectivity index is 1.97. The van der Waals surface area contributed by atoms with Crippen molar-refractivity contribution >= 4 is 54.9 Å². The smallest absolute Gasteiger partial charge is 0.347 e. The summed E-state index contributed by atoms with van der Waals surface area (Å²) in [5.74, 6) is 0.623. The van der Waals surface area contributed by atoms with E-state index >= 15 is 0 Å². The molecule has 0 radical (unpaired) electrons. The normalized spacial score (nSPS) is 12.8. The highest BCUT2D eigenvalue weighted by Crippen LogP contribution is 2.27. The molecule has 7 nitrogen and oxygen atoms in total. The van der Waals surface area contributed by atoms with Crippen molar-refractivity contribution in [1.29, 1.82) is 0 Å². The number of benzene rings is 2. The number of hydrogen-bond donors (Lipinski definition) is 0. The van der Waals surface area contributed by atoms with Crippen LogP contribution in [0.3, 0.4) is 0 Å². The van der Waals surface area contributed by atoms with Gasteiger partial charge in [0.2, 0.25) is 0 Å². The van der Waals surface area contributed by atoms with E-state index in [1.54, 1.807) is 44.3 Å². The van der Waals surface area contributed by atoms with Crippen molar-refractivity contribution < 1.29 is 14.3 Å². The molecule has 0 aliphatic carbocycles. The highest BCUT2D eigenvalue weighted by Gasteiger charge is 2.23. The number of nitrogens with zero attached hydrogens (tertiary/aromatic N) is 3. The van der Waals surface area contributed by atoms with Crippen molar-refractivity contribution in [2.45, 2.75) is 46.1 Å². The van der Waals surface area contributed by atoms with Gasteiger partial charge in [-0.2, -0.15) is 9.78 Å². The molecule has 0 saturated carbocycles. The molecule has 0 spiro atoms. The molecule has 33 heavy (non-hydrogen) atoms. The van der Waals surface area contributed by atoms with Gasteiger partial charge in [0.1, 0.15) is 11.6 Å².